The van der Waals surface area contributed by atoms with Crippen molar-refractivity contribution in [3.05, 3.63) is 118 Å². The van der Waals surface area contributed by atoms with Gasteiger partial charge in [0.25, 0.3) is 0 Å². The van der Waals surface area contributed by atoms with Gasteiger partial charge in [0.1, 0.15) is 5.75 Å². The molecule has 0 saturated heterocycles. The normalized spacial score (nSPS) is 15.2. The van der Waals surface area contributed by atoms with Crippen molar-refractivity contribution in [2.45, 2.75) is 19.4 Å². The van der Waals surface area contributed by atoms with Gasteiger partial charge in [-0.2, -0.15) is 5.10 Å². The van der Waals surface area contributed by atoms with E-state index in [1.54, 1.807) is 7.11 Å². The number of aromatic nitrogens is 2. The highest BCUT2D eigenvalue weighted by Crippen LogP contribution is 2.38. The minimum absolute atomic E-state index is 0.0308. The van der Waals surface area contributed by atoms with Crippen molar-refractivity contribution >= 4 is 38.5 Å². The first kappa shape index (κ1) is 23.4. The molecule has 6 heteroatoms. The van der Waals surface area contributed by atoms with Gasteiger partial charge < -0.3 is 4.74 Å². The molecule has 1 aromatic heterocycles. The number of hydrazone groups is 1. The second-order valence-corrected chi connectivity index (χ2v) is 10.1. The smallest absolute Gasteiger partial charge is 0.247 e. The van der Waals surface area contributed by atoms with Crippen molar-refractivity contribution < 1.29 is 4.74 Å². The number of anilines is 1. The molecule has 0 N–H and O–H groups in total. The van der Waals surface area contributed by atoms with Gasteiger partial charge in [-0.25, -0.2) is 15.0 Å². The number of nitrogens with zero attached hydrogens (tertiary/aromatic N) is 4. The molecule has 37 heavy (non-hydrogen) atoms. The number of hydrogen-bond donors (Lipinski definition) is 0. The molecule has 6 rings (SSSR count). The summed E-state index contributed by atoms with van der Waals surface area (Å²) < 4.78 is 6.40. The first-order valence-corrected chi connectivity index (χ1v) is 13.0. The Bertz CT molecular complexity index is 1600. The molecule has 0 spiro atoms. The molecular weight excluding hydrogens is 524 g/mol. The Kier molecular flexibility index (Phi) is 6.18. The lowest BCUT2D eigenvalue weighted by Gasteiger charge is -2.23. The van der Waals surface area contributed by atoms with E-state index >= 15 is 0 Å². The van der Waals surface area contributed by atoms with E-state index < -0.39 is 0 Å². The number of ether oxygens (including phenoxy) is 1. The molecule has 0 fully saturated rings. The van der Waals surface area contributed by atoms with Gasteiger partial charge in [0.2, 0.25) is 5.95 Å². The summed E-state index contributed by atoms with van der Waals surface area (Å²) in [6.45, 7) is 2.09. The number of aryl methyl sites for hydroxylation is 1. The van der Waals surface area contributed by atoms with Crippen LogP contribution in [0.2, 0.25) is 0 Å². The van der Waals surface area contributed by atoms with Crippen LogP contribution >= 0.6 is 15.9 Å². The fourth-order valence-corrected chi connectivity index (χ4v) is 5.01. The molecule has 1 atom stereocenters. The van der Waals surface area contributed by atoms with Crippen LogP contribution < -0.4 is 9.75 Å². The highest BCUT2D eigenvalue weighted by Gasteiger charge is 2.32. The van der Waals surface area contributed by atoms with Crippen molar-refractivity contribution in [1.29, 1.82) is 0 Å². The zero-order chi connectivity index (χ0) is 25.4. The monoisotopic (exact) mass is 548 g/mol. The Labute approximate surface area is 224 Å². The molecule has 5 aromatic rings. The molecule has 0 saturated carbocycles. The van der Waals surface area contributed by atoms with E-state index in [0.29, 0.717) is 5.95 Å². The number of fused-ring (bicyclic) bond motifs is 1. The van der Waals surface area contributed by atoms with Gasteiger partial charge in [0, 0.05) is 21.8 Å². The fourth-order valence-electron chi connectivity index (χ4n) is 4.75. The van der Waals surface area contributed by atoms with E-state index in [4.69, 9.17) is 19.8 Å². The zero-order valence-corrected chi connectivity index (χ0v) is 22.2. The molecule has 1 unspecified atom stereocenters. The fraction of sp³-hybridized carbons (Fsp3) is 0.129. The molecule has 0 aliphatic carbocycles. The van der Waals surface area contributed by atoms with Crippen LogP contribution in [0.5, 0.6) is 5.75 Å². The maximum absolute atomic E-state index is 5.35. The third-order valence-corrected chi connectivity index (χ3v) is 7.21. The Morgan fingerprint density at radius 3 is 2.32 bits per heavy atom. The second-order valence-electron chi connectivity index (χ2n) is 9.15. The van der Waals surface area contributed by atoms with Gasteiger partial charge in [-0.15, -0.1) is 0 Å². The molecule has 5 nitrogen and oxygen atoms in total. The molecule has 4 aromatic carbocycles. The lowest BCUT2D eigenvalue weighted by atomic mass is 9.98. The highest BCUT2D eigenvalue weighted by molar-refractivity contribution is 9.10. The largest absolute Gasteiger partial charge is 0.497 e. The average Bonchev–Trinajstić information content (AvgIpc) is 3.39. The van der Waals surface area contributed by atoms with Gasteiger partial charge in [-0.3, -0.25) is 0 Å². The first-order chi connectivity index (χ1) is 18.1. The summed E-state index contributed by atoms with van der Waals surface area (Å²) in [6.07, 6.45) is 0.740. The predicted octanol–water partition coefficient (Wildman–Crippen LogP) is 7.73. The maximum atomic E-state index is 5.35. The number of benzene rings is 4. The van der Waals surface area contributed by atoms with Crippen LogP contribution in [0.15, 0.2) is 107 Å². The van der Waals surface area contributed by atoms with E-state index in [1.165, 1.54) is 5.56 Å². The van der Waals surface area contributed by atoms with Crippen LogP contribution in [0.4, 0.5) is 5.95 Å². The highest BCUT2D eigenvalue weighted by atomic mass is 79.9. The SMILES string of the molecule is COc1ccc(C2=NN(c3nc(-c4ccccc4)c4cc(C)ccc4n3)C(c3ccc(Br)cc3)C2)cc1. The third-order valence-electron chi connectivity index (χ3n) is 6.68. The Balaban J connectivity index is 1.52. The molecule has 1 aliphatic rings. The topological polar surface area (TPSA) is 50.6 Å². The quantitative estimate of drug-likeness (QED) is 0.225. The van der Waals surface area contributed by atoms with Crippen molar-refractivity contribution in [1.82, 2.24) is 9.97 Å². The number of methoxy groups -OCH3 is 1. The summed E-state index contributed by atoms with van der Waals surface area (Å²) in [5, 5.41) is 8.11. The van der Waals surface area contributed by atoms with Crippen LogP contribution in [-0.4, -0.2) is 22.8 Å². The Hall–Kier alpha value is -4.03. The van der Waals surface area contributed by atoms with E-state index in [0.717, 1.165) is 55.6 Å². The van der Waals surface area contributed by atoms with Gasteiger partial charge in [0.05, 0.1) is 30.1 Å². The van der Waals surface area contributed by atoms with Crippen molar-refractivity contribution in [2.75, 3.05) is 12.1 Å². The van der Waals surface area contributed by atoms with E-state index in [-0.39, 0.29) is 6.04 Å². The number of halogens is 1. The summed E-state index contributed by atoms with van der Waals surface area (Å²) in [4.78, 5) is 10.1. The molecule has 0 bridgehead atoms. The van der Waals surface area contributed by atoms with Crippen LogP contribution in [0, 0.1) is 6.92 Å². The first-order valence-electron chi connectivity index (χ1n) is 12.2. The molecular formula is C31H25BrN4O. The zero-order valence-electron chi connectivity index (χ0n) is 20.6. The van der Waals surface area contributed by atoms with Crippen molar-refractivity contribution in [2.24, 2.45) is 5.10 Å². The molecule has 0 radical (unpaired) electrons. The van der Waals surface area contributed by atoms with Crippen LogP contribution in [0.25, 0.3) is 22.2 Å². The van der Waals surface area contributed by atoms with E-state index in [9.17, 15) is 0 Å². The summed E-state index contributed by atoms with van der Waals surface area (Å²) in [6, 6.07) is 33.0. The van der Waals surface area contributed by atoms with Crippen molar-refractivity contribution in [3.63, 3.8) is 0 Å². The number of rotatable bonds is 5. The summed E-state index contributed by atoms with van der Waals surface area (Å²) in [5.41, 5.74) is 7.25. The van der Waals surface area contributed by atoms with Gasteiger partial charge in [-0.1, -0.05) is 70.0 Å². The average molecular weight is 549 g/mol. The summed E-state index contributed by atoms with van der Waals surface area (Å²) >= 11 is 3.57. The molecule has 2 heterocycles. The van der Waals surface area contributed by atoms with Crippen molar-refractivity contribution in [3.8, 4) is 17.0 Å². The summed E-state index contributed by atoms with van der Waals surface area (Å²) in [5.74, 6) is 1.41. The van der Waals surface area contributed by atoms with Crippen LogP contribution in [0.3, 0.4) is 0 Å². The summed E-state index contributed by atoms with van der Waals surface area (Å²) in [7, 11) is 1.68. The maximum Gasteiger partial charge on any atom is 0.247 e. The van der Waals surface area contributed by atoms with Gasteiger partial charge in [0.15, 0.2) is 0 Å². The van der Waals surface area contributed by atoms with E-state index in [1.807, 2.05) is 35.3 Å². The van der Waals surface area contributed by atoms with Gasteiger partial charge in [-0.05, 0) is 66.6 Å². The van der Waals surface area contributed by atoms with Crippen LogP contribution in [-0.2, 0) is 0 Å². The Morgan fingerprint density at radius 1 is 0.838 bits per heavy atom. The third kappa shape index (κ3) is 4.60. The van der Waals surface area contributed by atoms with Gasteiger partial charge >= 0.3 is 0 Å². The lowest BCUT2D eigenvalue weighted by Crippen LogP contribution is -2.21. The molecule has 1 aliphatic heterocycles. The molecule has 0 amide bonds. The van der Waals surface area contributed by atoms with Crippen LogP contribution in [0.1, 0.15) is 29.2 Å². The lowest BCUT2D eigenvalue weighted by molar-refractivity contribution is 0.415. The minimum atomic E-state index is -0.0308. The van der Waals surface area contributed by atoms with E-state index in [2.05, 4.69) is 89.6 Å². The second kappa shape index (κ2) is 9.79. The number of hydrogen-bond acceptors (Lipinski definition) is 5. The minimum Gasteiger partial charge on any atom is -0.497 e. The Morgan fingerprint density at radius 2 is 1.59 bits per heavy atom. The standard InChI is InChI=1S/C31H25BrN4O/c1-20-8-17-27-26(18-20)30(23-6-4-3-5-7-23)34-31(33-27)36-29(22-9-13-24(32)14-10-22)19-28(35-36)21-11-15-25(37-2)16-12-21/h3-18,29H,19H2,1-2H3. The predicted molar refractivity (Wildman–Crippen MR) is 153 cm³/mol. The molecule has 182 valence electrons.